The van der Waals surface area contributed by atoms with Gasteiger partial charge in [0.05, 0.1) is 11.6 Å². The molecule has 2 heterocycles. The van der Waals surface area contributed by atoms with Crippen molar-refractivity contribution in [2.45, 2.75) is 19.0 Å². The fourth-order valence-electron chi connectivity index (χ4n) is 2.49. The third kappa shape index (κ3) is 6.63. The summed E-state index contributed by atoms with van der Waals surface area (Å²) < 4.78 is 0. The SMILES string of the molecule is N#Cc1ccc2c(c1)CN[C@H](Cc1cccnc1)CN2.[C-]#N.[C-]#N.[Cu+2]. The molecule has 1 atom stereocenters. The van der Waals surface area contributed by atoms with Gasteiger partial charge in [0.15, 0.2) is 0 Å². The second-order valence-electron chi connectivity index (χ2n) is 5.01. The average molecular weight is 380 g/mol. The van der Waals surface area contributed by atoms with E-state index in [1.54, 1.807) is 6.20 Å². The fraction of sp³-hybridized carbons (Fsp3) is 0.222. The Morgan fingerprint density at radius 2 is 1.96 bits per heavy atom. The van der Waals surface area contributed by atoms with E-state index in [1.807, 2.05) is 30.5 Å². The predicted molar refractivity (Wildman–Crippen MR) is 88.2 cm³/mol. The summed E-state index contributed by atoms with van der Waals surface area (Å²) in [6.45, 7) is 11.1. The number of hydrogen-bond donors (Lipinski definition) is 2. The molecule has 129 valence electrons. The molecule has 2 aromatic rings. The molecule has 25 heavy (non-hydrogen) atoms. The van der Waals surface area contributed by atoms with Crippen molar-refractivity contribution >= 4 is 5.69 Å². The molecule has 1 aliphatic rings. The molecule has 7 heteroatoms. The summed E-state index contributed by atoms with van der Waals surface area (Å²) in [6.07, 6.45) is 4.65. The number of nitrogens with zero attached hydrogens (tertiary/aromatic N) is 4. The molecule has 1 aromatic heterocycles. The van der Waals surface area contributed by atoms with Gasteiger partial charge in [0.1, 0.15) is 0 Å². The van der Waals surface area contributed by atoms with E-state index in [4.69, 9.17) is 28.9 Å². The number of rotatable bonds is 2. The number of fused-ring (bicyclic) bond motifs is 1. The van der Waals surface area contributed by atoms with Gasteiger partial charge in [-0.3, -0.25) is 4.98 Å². The van der Waals surface area contributed by atoms with Crippen molar-refractivity contribution in [2.24, 2.45) is 0 Å². The summed E-state index contributed by atoms with van der Waals surface area (Å²) in [7, 11) is 0. The van der Waals surface area contributed by atoms with Crippen LogP contribution in [-0.2, 0) is 30.0 Å². The van der Waals surface area contributed by atoms with Gasteiger partial charge in [0.2, 0.25) is 0 Å². The second-order valence-corrected chi connectivity index (χ2v) is 5.01. The largest absolute Gasteiger partial charge is 2.00 e. The number of aromatic nitrogens is 1. The van der Waals surface area contributed by atoms with Crippen LogP contribution in [0.2, 0.25) is 0 Å². The molecule has 0 saturated carbocycles. The molecule has 0 amide bonds. The van der Waals surface area contributed by atoms with Crippen molar-refractivity contribution in [2.75, 3.05) is 11.9 Å². The van der Waals surface area contributed by atoms with Crippen LogP contribution in [0, 0.1) is 35.0 Å². The minimum Gasteiger partial charge on any atom is -0.512 e. The summed E-state index contributed by atoms with van der Waals surface area (Å²) >= 11 is 0. The van der Waals surface area contributed by atoms with Crippen molar-refractivity contribution in [1.29, 1.82) is 15.8 Å². The Kier molecular flexibility index (Phi) is 11.1. The minimum atomic E-state index is 0. The smallest absolute Gasteiger partial charge is 0.512 e. The zero-order valence-electron chi connectivity index (χ0n) is 13.3. The van der Waals surface area contributed by atoms with Crippen LogP contribution < -0.4 is 10.6 Å². The van der Waals surface area contributed by atoms with Crippen LogP contribution in [0.25, 0.3) is 0 Å². The van der Waals surface area contributed by atoms with Crippen LogP contribution in [0.3, 0.4) is 0 Å². The number of nitriles is 1. The fourth-order valence-corrected chi connectivity index (χ4v) is 2.49. The molecule has 1 aliphatic heterocycles. The first kappa shape index (κ1) is 22.1. The van der Waals surface area contributed by atoms with Crippen LogP contribution in [-0.4, -0.2) is 17.6 Å². The van der Waals surface area contributed by atoms with Crippen molar-refractivity contribution in [3.8, 4) is 6.07 Å². The van der Waals surface area contributed by atoms with Crippen LogP contribution in [0.4, 0.5) is 5.69 Å². The van der Waals surface area contributed by atoms with E-state index in [2.05, 4.69) is 27.8 Å². The van der Waals surface area contributed by atoms with E-state index < -0.39 is 0 Å². The Hall–Kier alpha value is -2.88. The van der Waals surface area contributed by atoms with E-state index >= 15 is 0 Å². The molecule has 6 nitrogen and oxygen atoms in total. The summed E-state index contributed by atoms with van der Waals surface area (Å²) in [5, 5.41) is 28.5. The number of nitrogens with one attached hydrogen (secondary N) is 2. The monoisotopic (exact) mass is 379 g/mol. The van der Waals surface area contributed by atoms with Gasteiger partial charge in [0.25, 0.3) is 0 Å². The van der Waals surface area contributed by atoms with Gasteiger partial charge < -0.3 is 34.3 Å². The summed E-state index contributed by atoms with van der Waals surface area (Å²) in [5.41, 5.74) is 4.21. The molecule has 1 radical (unpaired) electrons. The van der Waals surface area contributed by atoms with E-state index in [0.717, 1.165) is 30.8 Å². The third-order valence-electron chi connectivity index (χ3n) is 3.56. The summed E-state index contributed by atoms with van der Waals surface area (Å²) in [5.74, 6) is 0. The zero-order chi connectivity index (χ0) is 17.8. The van der Waals surface area contributed by atoms with Gasteiger partial charge in [0, 0.05) is 37.2 Å². The van der Waals surface area contributed by atoms with Crippen LogP contribution in [0.5, 0.6) is 0 Å². The topological polar surface area (TPSA) is 108 Å². The Morgan fingerprint density at radius 1 is 1.20 bits per heavy atom. The summed E-state index contributed by atoms with van der Waals surface area (Å²) in [4.78, 5) is 4.15. The standard InChI is InChI=1S/C16H16N4.2CN.Cu/c17-8-12-3-4-16-14(6-12)10-19-15(11-20-16)7-13-2-1-5-18-9-13;2*1-2;/h1-6,9,15,19-20H,7,10-11H2;;;/q;2*-1;+2/t15-;;;/m1.../s1. The van der Waals surface area contributed by atoms with Crippen LogP contribution >= 0.6 is 0 Å². The van der Waals surface area contributed by atoms with Crippen molar-refractivity contribution < 1.29 is 17.1 Å². The van der Waals surface area contributed by atoms with Crippen molar-refractivity contribution in [1.82, 2.24) is 10.3 Å². The van der Waals surface area contributed by atoms with Gasteiger partial charge in [-0.1, -0.05) is 6.07 Å². The maximum absolute atomic E-state index is 8.96. The minimum absolute atomic E-state index is 0. The first-order valence-electron chi connectivity index (χ1n) is 7.19. The number of pyridine rings is 1. The first-order chi connectivity index (χ1) is 11.8. The maximum Gasteiger partial charge on any atom is 2.00 e. The van der Waals surface area contributed by atoms with E-state index in [-0.39, 0.29) is 17.1 Å². The number of anilines is 1. The molecular formula is C18H16CuN6. The van der Waals surface area contributed by atoms with Crippen molar-refractivity contribution in [3.63, 3.8) is 0 Å². The van der Waals surface area contributed by atoms with Gasteiger partial charge in [-0.2, -0.15) is 5.26 Å². The molecule has 1 aromatic carbocycles. The molecule has 0 spiro atoms. The molecule has 0 unspecified atom stereocenters. The van der Waals surface area contributed by atoms with Gasteiger partial charge >= 0.3 is 17.1 Å². The van der Waals surface area contributed by atoms with Crippen LogP contribution in [0.1, 0.15) is 16.7 Å². The molecule has 0 bridgehead atoms. The molecule has 0 aliphatic carbocycles. The van der Waals surface area contributed by atoms with Gasteiger partial charge in [-0.25, -0.2) is 0 Å². The van der Waals surface area contributed by atoms with Gasteiger partial charge in [-0.15, -0.1) is 0 Å². The third-order valence-corrected chi connectivity index (χ3v) is 3.56. The predicted octanol–water partition coefficient (Wildman–Crippen LogP) is 2.27. The summed E-state index contributed by atoms with van der Waals surface area (Å²) in [6, 6.07) is 12.4. The van der Waals surface area contributed by atoms with E-state index in [1.165, 1.54) is 5.56 Å². The Balaban J connectivity index is 0.00000108. The van der Waals surface area contributed by atoms with E-state index in [0.29, 0.717) is 11.6 Å². The first-order valence-corrected chi connectivity index (χ1v) is 7.19. The Labute approximate surface area is 158 Å². The molecule has 0 fully saturated rings. The molecule has 0 saturated heterocycles. The molecular weight excluding hydrogens is 364 g/mol. The van der Waals surface area contributed by atoms with Crippen LogP contribution in [0.15, 0.2) is 42.7 Å². The normalized spacial score (nSPS) is 14.1. The number of hydrogen-bond acceptors (Lipinski definition) is 6. The van der Waals surface area contributed by atoms with E-state index in [9.17, 15) is 0 Å². The quantitative estimate of drug-likeness (QED) is 0.612. The van der Waals surface area contributed by atoms with Crippen molar-refractivity contribution in [3.05, 3.63) is 72.6 Å². The zero-order valence-corrected chi connectivity index (χ0v) is 14.3. The Bertz CT molecular complexity index is 715. The molecule has 2 N–H and O–H groups in total. The Morgan fingerprint density at radius 3 is 2.60 bits per heavy atom. The second kappa shape index (κ2) is 12.5. The number of benzene rings is 1. The maximum atomic E-state index is 8.96. The molecule has 3 rings (SSSR count). The van der Waals surface area contributed by atoms with Gasteiger partial charge in [-0.05, 0) is 41.8 Å². The average Bonchev–Trinajstić information content (AvgIpc) is 2.88.